The first-order chi connectivity index (χ1) is 10.8. The van der Waals surface area contributed by atoms with E-state index in [4.69, 9.17) is 0 Å². The number of hydrogen-bond acceptors (Lipinski definition) is 3. The van der Waals surface area contributed by atoms with E-state index in [1.54, 1.807) is 11.8 Å². The fourth-order valence-electron chi connectivity index (χ4n) is 2.33. The van der Waals surface area contributed by atoms with Crippen molar-refractivity contribution < 1.29 is 4.79 Å². The van der Waals surface area contributed by atoms with Gasteiger partial charge in [0.05, 0.1) is 11.7 Å². The Morgan fingerprint density at radius 1 is 1.05 bits per heavy atom. The standard InChI is InChI=1S/C16H16N2OS.C2H6/c1-17-13-11-20-15-10-6-5-9-14(15)18(16(13)19)12-7-3-2-4-8-12;1-2/h2-10,13,17H,11H2,1H3;1-2H3. The predicted molar refractivity (Wildman–Crippen MR) is 94.9 cm³/mol. The van der Waals surface area contributed by atoms with Crippen LogP contribution in [0.4, 0.5) is 11.4 Å². The molecule has 2 aromatic carbocycles. The van der Waals surface area contributed by atoms with E-state index >= 15 is 0 Å². The van der Waals surface area contributed by atoms with E-state index in [0.29, 0.717) is 0 Å². The molecule has 1 aliphatic rings. The highest BCUT2D eigenvalue weighted by Crippen LogP contribution is 2.38. The van der Waals surface area contributed by atoms with Gasteiger partial charge in [-0.1, -0.05) is 44.2 Å². The molecule has 22 heavy (non-hydrogen) atoms. The van der Waals surface area contributed by atoms with Gasteiger partial charge in [-0.2, -0.15) is 0 Å². The fourth-order valence-corrected chi connectivity index (χ4v) is 3.47. The molecule has 1 atom stereocenters. The van der Waals surface area contributed by atoms with E-state index in [1.165, 1.54) is 0 Å². The van der Waals surface area contributed by atoms with E-state index in [0.717, 1.165) is 22.0 Å². The van der Waals surface area contributed by atoms with Crippen molar-refractivity contribution in [1.82, 2.24) is 5.32 Å². The maximum atomic E-state index is 12.8. The molecular weight excluding hydrogens is 292 g/mol. The SMILES string of the molecule is CC.CNC1CSc2ccccc2N(c2ccccc2)C1=O. The van der Waals surface area contributed by atoms with Crippen LogP contribution in [-0.4, -0.2) is 24.7 Å². The number of benzene rings is 2. The van der Waals surface area contributed by atoms with Crippen LogP contribution in [0.25, 0.3) is 0 Å². The van der Waals surface area contributed by atoms with Crippen LogP contribution in [0.2, 0.25) is 0 Å². The number of anilines is 2. The molecular formula is C18H22N2OS. The zero-order valence-electron chi connectivity index (χ0n) is 13.2. The Balaban J connectivity index is 0.000000847. The second kappa shape index (κ2) is 8.01. The van der Waals surface area contributed by atoms with Crippen molar-refractivity contribution in [2.45, 2.75) is 24.8 Å². The van der Waals surface area contributed by atoms with Gasteiger partial charge in [0, 0.05) is 16.3 Å². The monoisotopic (exact) mass is 314 g/mol. The van der Waals surface area contributed by atoms with Gasteiger partial charge in [-0.15, -0.1) is 11.8 Å². The summed E-state index contributed by atoms with van der Waals surface area (Å²) in [6.45, 7) is 4.00. The largest absolute Gasteiger partial charge is 0.308 e. The van der Waals surface area contributed by atoms with Gasteiger partial charge in [0.1, 0.15) is 0 Å². The summed E-state index contributed by atoms with van der Waals surface area (Å²) in [5.74, 6) is 0.839. The van der Waals surface area contributed by atoms with Gasteiger partial charge in [-0.25, -0.2) is 0 Å². The maximum Gasteiger partial charge on any atom is 0.249 e. The molecule has 3 rings (SSSR count). The van der Waals surface area contributed by atoms with Crippen LogP contribution >= 0.6 is 11.8 Å². The number of fused-ring (bicyclic) bond motifs is 1. The van der Waals surface area contributed by atoms with Crippen molar-refractivity contribution in [2.75, 3.05) is 17.7 Å². The Morgan fingerprint density at radius 3 is 2.36 bits per heavy atom. The molecule has 0 spiro atoms. The molecule has 0 bridgehead atoms. The first-order valence-corrected chi connectivity index (χ1v) is 8.58. The van der Waals surface area contributed by atoms with Crippen LogP contribution in [0.1, 0.15) is 13.8 Å². The Labute approximate surface area is 136 Å². The predicted octanol–water partition coefficient (Wildman–Crippen LogP) is 4.07. The first-order valence-electron chi connectivity index (χ1n) is 7.59. The van der Waals surface area contributed by atoms with Gasteiger partial charge >= 0.3 is 0 Å². The number of carbonyl (C=O) groups excluding carboxylic acids is 1. The lowest BCUT2D eigenvalue weighted by Crippen LogP contribution is -2.43. The summed E-state index contributed by atoms with van der Waals surface area (Å²) in [6, 6.07) is 17.7. The Kier molecular flexibility index (Phi) is 6.04. The normalized spacial score (nSPS) is 17.1. The third-order valence-corrected chi connectivity index (χ3v) is 4.55. The lowest BCUT2D eigenvalue weighted by atomic mass is 10.2. The van der Waals surface area contributed by atoms with Crippen molar-refractivity contribution in [2.24, 2.45) is 0 Å². The molecule has 0 saturated carbocycles. The van der Waals surface area contributed by atoms with Gasteiger partial charge in [0.2, 0.25) is 5.91 Å². The molecule has 0 radical (unpaired) electrons. The molecule has 0 aromatic heterocycles. The van der Waals surface area contributed by atoms with Crippen LogP contribution in [0, 0.1) is 0 Å². The number of thioether (sulfide) groups is 1. The molecule has 1 amide bonds. The molecule has 1 heterocycles. The van der Waals surface area contributed by atoms with Gasteiger partial charge in [-0.05, 0) is 31.3 Å². The zero-order chi connectivity index (χ0) is 15.9. The van der Waals surface area contributed by atoms with E-state index in [9.17, 15) is 4.79 Å². The second-order valence-corrected chi connectivity index (χ2v) is 5.69. The smallest absolute Gasteiger partial charge is 0.249 e. The van der Waals surface area contributed by atoms with Crippen LogP contribution in [0.5, 0.6) is 0 Å². The Bertz CT molecular complexity index is 615. The van der Waals surface area contributed by atoms with Gasteiger partial charge in [0.15, 0.2) is 0 Å². The van der Waals surface area contributed by atoms with Gasteiger partial charge in [-0.3, -0.25) is 9.69 Å². The van der Waals surface area contributed by atoms with Crippen LogP contribution in [0.15, 0.2) is 59.5 Å². The summed E-state index contributed by atoms with van der Waals surface area (Å²) in [6.07, 6.45) is 0. The van der Waals surface area contributed by atoms with Crippen molar-refractivity contribution in [3.8, 4) is 0 Å². The minimum absolute atomic E-state index is 0.0937. The molecule has 2 aromatic rings. The average molecular weight is 314 g/mol. The number of nitrogens with zero attached hydrogens (tertiary/aromatic N) is 1. The molecule has 0 saturated heterocycles. The quantitative estimate of drug-likeness (QED) is 0.907. The number of likely N-dealkylation sites (N-methyl/N-ethyl adjacent to an activating group) is 1. The number of amides is 1. The number of carbonyl (C=O) groups is 1. The average Bonchev–Trinajstić information content (AvgIpc) is 2.73. The minimum atomic E-state index is -0.174. The number of rotatable bonds is 2. The first kappa shape index (κ1) is 16.6. The molecule has 1 unspecified atom stereocenters. The molecule has 1 N–H and O–H groups in total. The molecule has 1 aliphatic heterocycles. The molecule has 4 heteroatoms. The summed E-state index contributed by atoms with van der Waals surface area (Å²) in [4.78, 5) is 15.7. The topological polar surface area (TPSA) is 32.3 Å². The van der Waals surface area contributed by atoms with E-state index < -0.39 is 0 Å². The van der Waals surface area contributed by atoms with Gasteiger partial charge < -0.3 is 5.32 Å². The van der Waals surface area contributed by atoms with E-state index in [-0.39, 0.29) is 11.9 Å². The Morgan fingerprint density at radius 2 is 1.68 bits per heavy atom. The zero-order valence-corrected chi connectivity index (χ0v) is 14.1. The number of para-hydroxylation sites is 2. The van der Waals surface area contributed by atoms with Crippen molar-refractivity contribution >= 4 is 29.0 Å². The summed E-state index contributed by atoms with van der Waals surface area (Å²) >= 11 is 1.72. The highest BCUT2D eigenvalue weighted by Gasteiger charge is 2.30. The number of nitrogens with one attached hydrogen (secondary N) is 1. The second-order valence-electron chi connectivity index (χ2n) is 4.63. The molecule has 116 valence electrons. The van der Waals surface area contributed by atoms with Crippen molar-refractivity contribution in [3.63, 3.8) is 0 Å². The lowest BCUT2D eigenvalue weighted by Gasteiger charge is -2.25. The fraction of sp³-hybridized carbons (Fsp3) is 0.278. The highest BCUT2D eigenvalue weighted by molar-refractivity contribution is 7.99. The summed E-state index contributed by atoms with van der Waals surface area (Å²) < 4.78 is 0. The third-order valence-electron chi connectivity index (χ3n) is 3.39. The summed E-state index contributed by atoms with van der Waals surface area (Å²) in [7, 11) is 1.84. The third kappa shape index (κ3) is 3.34. The van der Waals surface area contributed by atoms with E-state index in [1.807, 2.05) is 74.3 Å². The highest BCUT2D eigenvalue weighted by atomic mass is 32.2. The molecule has 0 fully saturated rings. The van der Waals surface area contributed by atoms with Crippen LogP contribution in [-0.2, 0) is 4.79 Å². The number of hydrogen-bond donors (Lipinski definition) is 1. The lowest BCUT2D eigenvalue weighted by molar-refractivity contribution is -0.119. The van der Waals surface area contributed by atoms with Crippen LogP contribution < -0.4 is 10.2 Å². The van der Waals surface area contributed by atoms with E-state index in [2.05, 4.69) is 11.4 Å². The Hall–Kier alpha value is -1.78. The molecule has 0 aliphatic carbocycles. The van der Waals surface area contributed by atoms with Crippen LogP contribution in [0.3, 0.4) is 0 Å². The minimum Gasteiger partial charge on any atom is -0.308 e. The summed E-state index contributed by atoms with van der Waals surface area (Å²) in [5.41, 5.74) is 1.87. The van der Waals surface area contributed by atoms with Crippen molar-refractivity contribution in [1.29, 1.82) is 0 Å². The summed E-state index contributed by atoms with van der Waals surface area (Å²) in [5, 5.41) is 3.12. The van der Waals surface area contributed by atoms with Gasteiger partial charge in [0.25, 0.3) is 0 Å². The van der Waals surface area contributed by atoms with Crippen molar-refractivity contribution in [3.05, 3.63) is 54.6 Å². The molecule has 3 nitrogen and oxygen atoms in total. The maximum absolute atomic E-state index is 12.8.